The molecule has 0 bridgehead atoms. The van der Waals surface area contributed by atoms with Crippen LogP contribution in [0.25, 0.3) is 0 Å². The van der Waals surface area contributed by atoms with Gasteiger partial charge in [-0.1, -0.05) is 103 Å². The second-order valence-corrected chi connectivity index (χ2v) is 10.3. The van der Waals surface area contributed by atoms with Crippen molar-refractivity contribution in [3.05, 3.63) is 126 Å². The fourth-order valence-corrected chi connectivity index (χ4v) is 6.45. The van der Waals surface area contributed by atoms with E-state index < -0.39 is 7.14 Å². The summed E-state index contributed by atoms with van der Waals surface area (Å²) < 4.78 is 14.4. The lowest BCUT2D eigenvalue weighted by atomic mass is 10.0. The molecule has 0 fully saturated rings. The van der Waals surface area contributed by atoms with E-state index >= 15 is 0 Å². The van der Waals surface area contributed by atoms with Gasteiger partial charge in [-0.05, 0) is 12.1 Å². The molecule has 4 rings (SSSR count). The number of ketones is 1. The number of benzene rings is 4. The van der Waals surface area contributed by atoms with Crippen molar-refractivity contribution in [2.45, 2.75) is 0 Å². The third-order valence-electron chi connectivity index (χ3n) is 5.35. The number of nitrogens with zero attached hydrogens (tertiary/aromatic N) is 1. The highest BCUT2D eigenvalue weighted by molar-refractivity contribution is 7.78. The minimum atomic E-state index is -2.95. The molecule has 0 unspecified atom stereocenters. The smallest absolute Gasteiger partial charge is 0.195 e. The fourth-order valence-electron chi connectivity index (χ4n) is 3.77. The maximum absolute atomic E-state index is 14.4. The summed E-state index contributed by atoms with van der Waals surface area (Å²) in [6, 6.07) is 35.9. The highest BCUT2D eigenvalue weighted by Crippen LogP contribution is 2.44. The lowest BCUT2D eigenvalue weighted by molar-refractivity contribution is 0.103. The zero-order valence-corrected chi connectivity index (χ0v) is 18.3. The standard InChI is InChI=1S/C27H24NO2P/c1-28(26-20-12-11-19-25(26)27(29)22-13-5-2-6-14-22)21-31(30,23-15-7-3-8-16-23)24-17-9-4-10-18-24/h2-20H,21H2,1H3. The van der Waals surface area contributed by atoms with Crippen molar-refractivity contribution in [1.29, 1.82) is 0 Å². The van der Waals surface area contributed by atoms with Crippen LogP contribution >= 0.6 is 7.14 Å². The Hall–Kier alpha value is -3.42. The van der Waals surface area contributed by atoms with Gasteiger partial charge in [0.1, 0.15) is 0 Å². The third kappa shape index (κ3) is 4.38. The van der Waals surface area contributed by atoms with Gasteiger partial charge < -0.3 is 9.46 Å². The minimum Gasteiger partial charge on any atom is -0.366 e. The Labute approximate surface area is 183 Å². The van der Waals surface area contributed by atoms with Crippen molar-refractivity contribution in [2.75, 3.05) is 18.2 Å². The summed E-state index contributed by atoms with van der Waals surface area (Å²) in [7, 11) is -1.05. The maximum atomic E-state index is 14.4. The van der Waals surface area contributed by atoms with Crippen LogP contribution in [-0.2, 0) is 4.57 Å². The molecule has 0 saturated heterocycles. The Morgan fingerprint density at radius 1 is 0.677 bits per heavy atom. The maximum Gasteiger partial charge on any atom is 0.195 e. The van der Waals surface area contributed by atoms with Crippen molar-refractivity contribution in [3.63, 3.8) is 0 Å². The number of carbonyl (C=O) groups is 1. The molecular weight excluding hydrogens is 401 g/mol. The zero-order chi connectivity index (χ0) is 21.7. The molecule has 0 aliphatic heterocycles. The zero-order valence-electron chi connectivity index (χ0n) is 17.4. The van der Waals surface area contributed by atoms with Crippen LogP contribution in [0.4, 0.5) is 5.69 Å². The Morgan fingerprint density at radius 2 is 1.13 bits per heavy atom. The summed E-state index contributed by atoms with van der Waals surface area (Å²) >= 11 is 0. The Balaban J connectivity index is 1.74. The van der Waals surface area contributed by atoms with E-state index in [2.05, 4.69) is 0 Å². The lowest BCUT2D eigenvalue weighted by Crippen LogP contribution is -2.29. The van der Waals surface area contributed by atoms with E-state index in [0.29, 0.717) is 17.4 Å². The molecule has 0 aliphatic carbocycles. The molecule has 4 aromatic carbocycles. The summed E-state index contributed by atoms with van der Waals surface area (Å²) in [5.41, 5.74) is 2.00. The third-order valence-corrected chi connectivity index (χ3v) is 8.44. The van der Waals surface area contributed by atoms with Crippen LogP contribution in [0.5, 0.6) is 0 Å². The number of hydrogen-bond donors (Lipinski definition) is 0. The largest absolute Gasteiger partial charge is 0.366 e. The van der Waals surface area contributed by atoms with E-state index in [9.17, 15) is 9.36 Å². The quantitative estimate of drug-likeness (QED) is 0.297. The molecule has 0 amide bonds. The molecule has 0 spiro atoms. The summed E-state index contributed by atoms with van der Waals surface area (Å²) in [4.78, 5) is 15.1. The average molecular weight is 425 g/mol. The first-order valence-electron chi connectivity index (χ1n) is 10.2. The first-order valence-corrected chi connectivity index (χ1v) is 12.1. The lowest BCUT2D eigenvalue weighted by Gasteiger charge is -2.28. The van der Waals surface area contributed by atoms with Gasteiger partial charge in [0.05, 0.1) is 6.29 Å². The van der Waals surface area contributed by atoms with E-state index in [0.717, 1.165) is 16.3 Å². The molecule has 31 heavy (non-hydrogen) atoms. The second-order valence-electron chi connectivity index (χ2n) is 7.46. The first kappa shape index (κ1) is 20.8. The van der Waals surface area contributed by atoms with E-state index in [1.165, 1.54) is 0 Å². The molecule has 3 nitrogen and oxygen atoms in total. The van der Waals surface area contributed by atoms with E-state index in [-0.39, 0.29) is 5.78 Å². The fraction of sp³-hybridized carbons (Fsp3) is 0.0741. The van der Waals surface area contributed by atoms with Crippen molar-refractivity contribution in [3.8, 4) is 0 Å². The Kier molecular flexibility index (Phi) is 6.16. The van der Waals surface area contributed by atoms with Gasteiger partial charge in [0.25, 0.3) is 0 Å². The molecular formula is C27H24NO2P. The van der Waals surface area contributed by atoms with Crippen LogP contribution in [-0.4, -0.2) is 19.1 Å². The van der Waals surface area contributed by atoms with E-state index in [1.807, 2.05) is 127 Å². The van der Waals surface area contributed by atoms with Crippen LogP contribution in [0.1, 0.15) is 15.9 Å². The first-order chi connectivity index (χ1) is 15.1. The topological polar surface area (TPSA) is 37.4 Å². The minimum absolute atomic E-state index is 0.0442. The van der Waals surface area contributed by atoms with Gasteiger partial charge in [0.15, 0.2) is 12.9 Å². The normalized spacial score (nSPS) is 11.1. The molecule has 4 aromatic rings. The molecule has 0 N–H and O–H groups in total. The van der Waals surface area contributed by atoms with Gasteiger partial charge in [-0.25, -0.2) is 0 Å². The molecule has 0 atom stereocenters. The van der Waals surface area contributed by atoms with Gasteiger partial charge in [-0.3, -0.25) is 4.79 Å². The average Bonchev–Trinajstić information content (AvgIpc) is 2.85. The number of rotatable bonds is 7. The van der Waals surface area contributed by atoms with Crippen LogP contribution in [0, 0.1) is 0 Å². The van der Waals surface area contributed by atoms with Crippen LogP contribution in [0.15, 0.2) is 115 Å². The van der Waals surface area contributed by atoms with Gasteiger partial charge in [-0.15, -0.1) is 0 Å². The van der Waals surface area contributed by atoms with Crippen molar-refractivity contribution in [2.24, 2.45) is 0 Å². The summed E-state index contributed by atoms with van der Waals surface area (Å²) in [6.45, 7) is 0. The predicted octanol–water partition coefficient (Wildman–Crippen LogP) is 5.33. The summed E-state index contributed by atoms with van der Waals surface area (Å²) in [6.07, 6.45) is 0.292. The van der Waals surface area contributed by atoms with Crippen LogP contribution in [0.2, 0.25) is 0 Å². The van der Waals surface area contributed by atoms with E-state index in [1.54, 1.807) is 0 Å². The molecule has 0 aromatic heterocycles. The number of hydrogen-bond acceptors (Lipinski definition) is 3. The highest BCUT2D eigenvalue weighted by atomic mass is 31.2. The van der Waals surface area contributed by atoms with Gasteiger partial charge >= 0.3 is 0 Å². The SMILES string of the molecule is CN(CP(=O)(c1ccccc1)c1ccccc1)c1ccccc1C(=O)c1ccccc1. The molecule has 4 heteroatoms. The Bertz CT molecular complexity index is 1160. The molecule has 0 radical (unpaired) electrons. The molecule has 0 saturated carbocycles. The van der Waals surface area contributed by atoms with Crippen LogP contribution in [0.3, 0.4) is 0 Å². The monoisotopic (exact) mass is 425 g/mol. The van der Waals surface area contributed by atoms with Crippen molar-refractivity contribution >= 4 is 29.2 Å². The highest BCUT2D eigenvalue weighted by Gasteiger charge is 2.30. The number of carbonyl (C=O) groups excluding carboxylic acids is 1. The van der Waals surface area contributed by atoms with Gasteiger partial charge in [-0.2, -0.15) is 0 Å². The molecule has 154 valence electrons. The number of anilines is 1. The van der Waals surface area contributed by atoms with Gasteiger partial charge in [0.2, 0.25) is 0 Å². The van der Waals surface area contributed by atoms with E-state index in [4.69, 9.17) is 0 Å². The second kappa shape index (κ2) is 9.16. The summed E-state index contributed by atoms with van der Waals surface area (Å²) in [5, 5.41) is 1.61. The van der Waals surface area contributed by atoms with Crippen LogP contribution < -0.4 is 15.5 Å². The van der Waals surface area contributed by atoms with Crippen molar-refractivity contribution in [1.82, 2.24) is 0 Å². The van der Waals surface area contributed by atoms with Crippen molar-refractivity contribution < 1.29 is 9.36 Å². The summed E-state index contributed by atoms with van der Waals surface area (Å²) in [5.74, 6) is -0.0442. The Morgan fingerprint density at radius 3 is 1.68 bits per heavy atom. The molecule has 0 aliphatic rings. The molecule has 0 heterocycles. The number of para-hydroxylation sites is 1. The predicted molar refractivity (Wildman–Crippen MR) is 129 cm³/mol. The van der Waals surface area contributed by atoms with Gasteiger partial charge in [0, 0.05) is 34.5 Å².